The first kappa shape index (κ1) is 15.6. The molecule has 24 heavy (non-hydrogen) atoms. The molecule has 1 aliphatic heterocycles. The van der Waals surface area contributed by atoms with Gasteiger partial charge >= 0.3 is 6.03 Å². The molecule has 3 heterocycles. The van der Waals surface area contributed by atoms with Crippen molar-refractivity contribution >= 4 is 29.8 Å². The lowest BCUT2D eigenvalue weighted by molar-refractivity contribution is -0.130. The predicted molar refractivity (Wildman–Crippen MR) is 83.8 cm³/mol. The summed E-state index contributed by atoms with van der Waals surface area (Å²) in [4.78, 5) is 39.0. The highest BCUT2D eigenvalue weighted by atomic mass is 16.4. The number of hydrogen-bond acceptors (Lipinski definition) is 6. The summed E-state index contributed by atoms with van der Waals surface area (Å²) < 4.78 is 10.6. The number of nitrogens with one attached hydrogen (secondary N) is 1. The zero-order chi connectivity index (χ0) is 17.3. The van der Waals surface area contributed by atoms with Gasteiger partial charge in [-0.2, -0.15) is 0 Å². The Morgan fingerprint density at radius 1 is 1.21 bits per heavy atom. The second-order valence-corrected chi connectivity index (χ2v) is 5.36. The van der Waals surface area contributed by atoms with E-state index in [9.17, 15) is 14.4 Å². The zero-order valence-electron chi connectivity index (χ0n) is 13.1. The first-order valence-electron chi connectivity index (χ1n) is 7.14. The third-order valence-corrected chi connectivity index (χ3v) is 3.42. The van der Waals surface area contributed by atoms with Gasteiger partial charge in [0.1, 0.15) is 17.1 Å². The molecule has 124 valence electrons. The van der Waals surface area contributed by atoms with Crippen LogP contribution in [0.15, 0.2) is 44.9 Å². The fraction of sp³-hybridized carbons (Fsp3) is 0.188. The van der Waals surface area contributed by atoms with Crippen LogP contribution in [0.25, 0.3) is 6.08 Å². The number of hydrogen-bond donors (Lipinski definition) is 1. The van der Waals surface area contributed by atoms with E-state index < -0.39 is 17.8 Å². The summed E-state index contributed by atoms with van der Waals surface area (Å²) in [5.41, 5.74) is -0.180. The van der Waals surface area contributed by atoms with Gasteiger partial charge in [-0.15, -0.1) is 0 Å². The molecule has 0 aromatic carbocycles. The molecule has 0 radical (unpaired) electrons. The molecule has 1 aliphatic rings. The Bertz CT molecular complexity index is 817. The van der Waals surface area contributed by atoms with Gasteiger partial charge in [0.25, 0.3) is 11.8 Å². The summed E-state index contributed by atoms with van der Waals surface area (Å²) in [5, 5.41) is 2.14. The van der Waals surface area contributed by atoms with Crippen molar-refractivity contribution in [3.8, 4) is 0 Å². The van der Waals surface area contributed by atoms with Gasteiger partial charge in [0.2, 0.25) is 0 Å². The molecule has 0 bridgehead atoms. The standard InChI is InChI=1S/C16H15N3O5/c1-18(2)13-6-5-10(24-13)8-12-14(20)17-16(22)19(15(12)21)9-11-4-3-7-23-11/h3-8H,9H2,1-2H3,(H,17,20,22). The minimum absolute atomic E-state index is 0.0661. The second-order valence-electron chi connectivity index (χ2n) is 5.36. The lowest BCUT2D eigenvalue weighted by Gasteiger charge is -2.25. The van der Waals surface area contributed by atoms with Crippen molar-refractivity contribution in [1.29, 1.82) is 0 Å². The maximum absolute atomic E-state index is 12.5. The minimum atomic E-state index is -0.785. The van der Waals surface area contributed by atoms with Gasteiger partial charge < -0.3 is 13.7 Å². The number of nitrogens with zero attached hydrogens (tertiary/aromatic N) is 2. The molecule has 2 aromatic rings. The molecule has 0 aliphatic carbocycles. The lowest BCUT2D eigenvalue weighted by atomic mass is 10.1. The number of imide groups is 2. The molecular formula is C16H15N3O5. The Labute approximate surface area is 137 Å². The Balaban J connectivity index is 1.88. The molecular weight excluding hydrogens is 314 g/mol. The van der Waals surface area contributed by atoms with E-state index in [0.717, 1.165) is 4.90 Å². The van der Waals surface area contributed by atoms with E-state index in [-0.39, 0.29) is 12.1 Å². The van der Waals surface area contributed by atoms with Crippen LogP contribution in [0.4, 0.5) is 10.7 Å². The molecule has 1 saturated heterocycles. The number of anilines is 1. The zero-order valence-corrected chi connectivity index (χ0v) is 13.1. The molecule has 0 unspecified atom stereocenters. The fourth-order valence-corrected chi connectivity index (χ4v) is 2.20. The quantitative estimate of drug-likeness (QED) is 0.676. The Morgan fingerprint density at radius 2 is 2.00 bits per heavy atom. The largest absolute Gasteiger partial charge is 0.467 e. The SMILES string of the molecule is CN(C)c1ccc(C=C2C(=O)NC(=O)N(Cc3ccco3)C2=O)o1. The van der Waals surface area contributed by atoms with Crippen molar-refractivity contribution in [2.45, 2.75) is 6.54 Å². The van der Waals surface area contributed by atoms with Crippen molar-refractivity contribution in [3.05, 3.63) is 47.6 Å². The van der Waals surface area contributed by atoms with Gasteiger partial charge in [0, 0.05) is 20.2 Å². The first-order valence-corrected chi connectivity index (χ1v) is 7.14. The lowest BCUT2D eigenvalue weighted by Crippen LogP contribution is -2.53. The fourth-order valence-electron chi connectivity index (χ4n) is 2.20. The second kappa shape index (κ2) is 6.07. The van der Waals surface area contributed by atoms with Gasteiger partial charge in [-0.05, 0) is 24.3 Å². The number of furan rings is 2. The monoisotopic (exact) mass is 329 g/mol. The van der Waals surface area contributed by atoms with Crippen molar-refractivity contribution in [3.63, 3.8) is 0 Å². The highest BCUT2D eigenvalue weighted by molar-refractivity contribution is 6.30. The molecule has 4 amide bonds. The van der Waals surface area contributed by atoms with E-state index in [1.54, 1.807) is 43.3 Å². The van der Waals surface area contributed by atoms with E-state index in [1.807, 2.05) is 0 Å². The van der Waals surface area contributed by atoms with Crippen LogP contribution in [0.1, 0.15) is 11.5 Å². The van der Waals surface area contributed by atoms with Gasteiger partial charge in [-0.1, -0.05) is 0 Å². The van der Waals surface area contributed by atoms with Crippen LogP contribution in [0, 0.1) is 0 Å². The van der Waals surface area contributed by atoms with Gasteiger partial charge in [-0.25, -0.2) is 4.79 Å². The average Bonchev–Trinajstić information content (AvgIpc) is 3.19. The van der Waals surface area contributed by atoms with Gasteiger partial charge in [0.15, 0.2) is 5.88 Å². The van der Waals surface area contributed by atoms with Crippen LogP contribution in [0.3, 0.4) is 0 Å². The molecule has 8 nitrogen and oxygen atoms in total. The van der Waals surface area contributed by atoms with Gasteiger partial charge in [0.05, 0.1) is 12.8 Å². The summed E-state index contributed by atoms with van der Waals surface area (Å²) in [7, 11) is 3.61. The topological polar surface area (TPSA) is 96.0 Å². The normalized spacial score (nSPS) is 16.7. The summed E-state index contributed by atoms with van der Waals surface area (Å²) in [5.74, 6) is -0.120. The first-order chi connectivity index (χ1) is 11.5. The summed E-state index contributed by atoms with van der Waals surface area (Å²) in [6.07, 6.45) is 2.75. The minimum Gasteiger partial charge on any atom is -0.467 e. The number of amides is 4. The van der Waals surface area contributed by atoms with Crippen LogP contribution in [0.5, 0.6) is 0 Å². The number of rotatable bonds is 4. The molecule has 0 atom stereocenters. The van der Waals surface area contributed by atoms with Crippen molar-refractivity contribution in [1.82, 2.24) is 10.2 Å². The van der Waals surface area contributed by atoms with Crippen LogP contribution < -0.4 is 10.2 Å². The van der Waals surface area contributed by atoms with Crippen LogP contribution >= 0.6 is 0 Å². The van der Waals surface area contributed by atoms with Crippen LogP contribution in [-0.2, 0) is 16.1 Å². The van der Waals surface area contributed by atoms with E-state index in [4.69, 9.17) is 8.83 Å². The third-order valence-electron chi connectivity index (χ3n) is 3.42. The maximum atomic E-state index is 12.5. The van der Waals surface area contributed by atoms with E-state index >= 15 is 0 Å². The van der Waals surface area contributed by atoms with Crippen molar-refractivity contribution < 1.29 is 23.2 Å². The summed E-state index contributed by atoms with van der Waals surface area (Å²) in [6.45, 7) is -0.0661. The molecule has 1 N–H and O–H groups in total. The predicted octanol–water partition coefficient (Wildman–Crippen LogP) is 1.60. The van der Waals surface area contributed by atoms with E-state index in [2.05, 4.69) is 5.32 Å². The number of carbonyl (C=O) groups excluding carboxylic acids is 3. The number of carbonyl (C=O) groups is 3. The Morgan fingerprint density at radius 3 is 2.62 bits per heavy atom. The Kier molecular flexibility index (Phi) is 3.95. The Hall–Kier alpha value is -3.29. The molecule has 0 spiro atoms. The van der Waals surface area contributed by atoms with Gasteiger partial charge in [-0.3, -0.25) is 19.8 Å². The van der Waals surface area contributed by atoms with Crippen molar-refractivity contribution in [2.75, 3.05) is 19.0 Å². The molecule has 1 fully saturated rings. The average molecular weight is 329 g/mol. The molecule has 2 aromatic heterocycles. The molecule has 0 saturated carbocycles. The van der Waals surface area contributed by atoms with E-state index in [0.29, 0.717) is 17.4 Å². The van der Waals surface area contributed by atoms with E-state index in [1.165, 1.54) is 12.3 Å². The molecule has 3 rings (SSSR count). The molecule has 8 heteroatoms. The van der Waals surface area contributed by atoms with Crippen LogP contribution in [0.2, 0.25) is 0 Å². The summed E-state index contributed by atoms with van der Waals surface area (Å²) >= 11 is 0. The van der Waals surface area contributed by atoms with Crippen molar-refractivity contribution in [2.24, 2.45) is 0 Å². The maximum Gasteiger partial charge on any atom is 0.331 e. The van der Waals surface area contributed by atoms with Crippen LogP contribution in [-0.4, -0.2) is 36.8 Å². The number of urea groups is 1. The highest BCUT2D eigenvalue weighted by Crippen LogP contribution is 2.21. The summed E-state index contributed by atoms with van der Waals surface area (Å²) in [6, 6.07) is 5.84. The number of barbiturate groups is 1. The highest BCUT2D eigenvalue weighted by Gasteiger charge is 2.36. The third kappa shape index (κ3) is 2.94. The smallest absolute Gasteiger partial charge is 0.331 e.